The van der Waals surface area contributed by atoms with E-state index in [2.05, 4.69) is 0 Å². The highest BCUT2D eigenvalue weighted by atomic mass is 19.1. The third-order valence-electron chi connectivity index (χ3n) is 4.11. The van der Waals surface area contributed by atoms with Crippen LogP contribution in [-0.2, 0) is 9.59 Å². The average molecular weight is 277 g/mol. The molecule has 0 aromatic heterocycles. The lowest BCUT2D eigenvalue weighted by Crippen LogP contribution is -2.46. The molecule has 1 aliphatic carbocycles. The fraction of sp³-hybridized carbons (Fsp3) is 0.467. The van der Waals surface area contributed by atoms with Gasteiger partial charge in [-0.1, -0.05) is 12.1 Å². The molecule has 1 heterocycles. The van der Waals surface area contributed by atoms with Crippen LogP contribution in [0.4, 0.5) is 4.39 Å². The van der Waals surface area contributed by atoms with Crippen LogP contribution >= 0.6 is 0 Å². The van der Waals surface area contributed by atoms with Gasteiger partial charge in [-0.25, -0.2) is 4.39 Å². The number of carboxylic acid groups (broad SMARTS) is 1. The number of amides is 1. The second-order valence-corrected chi connectivity index (χ2v) is 5.51. The zero-order chi connectivity index (χ0) is 14.3. The monoisotopic (exact) mass is 277 g/mol. The number of hydrogen-bond donors (Lipinski definition) is 1. The molecule has 5 heteroatoms. The van der Waals surface area contributed by atoms with Crippen LogP contribution in [0.2, 0.25) is 0 Å². The van der Waals surface area contributed by atoms with Gasteiger partial charge in [0, 0.05) is 12.5 Å². The van der Waals surface area contributed by atoms with Gasteiger partial charge in [-0.15, -0.1) is 0 Å². The van der Waals surface area contributed by atoms with Gasteiger partial charge in [0.15, 0.2) is 0 Å². The van der Waals surface area contributed by atoms with Crippen molar-refractivity contribution in [2.75, 3.05) is 0 Å². The number of likely N-dealkylation sites (tertiary alicyclic amines) is 1. The first-order chi connectivity index (χ1) is 9.58. The molecule has 1 N–H and O–H groups in total. The van der Waals surface area contributed by atoms with Gasteiger partial charge in [0.2, 0.25) is 5.91 Å². The van der Waals surface area contributed by atoms with Crippen molar-refractivity contribution in [1.82, 2.24) is 4.90 Å². The minimum Gasteiger partial charge on any atom is -0.481 e. The van der Waals surface area contributed by atoms with Crippen LogP contribution < -0.4 is 0 Å². The maximum Gasteiger partial charge on any atom is 0.308 e. The number of piperidine rings is 1. The number of nitrogens with zero attached hydrogens (tertiary/aromatic N) is 1. The fourth-order valence-corrected chi connectivity index (χ4v) is 3.01. The summed E-state index contributed by atoms with van der Waals surface area (Å²) < 4.78 is 13.1. The molecule has 1 saturated carbocycles. The summed E-state index contributed by atoms with van der Waals surface area (Å²) in [5, 5.41) is 9.42. The molecule has 2 aliphatic rings. The molecule has 0 spiro atoms. The summed E-state index contributed by atoms with van der Waals surface area (Å²) in [6.07, 6.45) is 2.48. The van der Waals surface area contributed by atoms with Crippen molar-refractivity contribution in [2.24, 2.45) is 5.92 Å². The summed E-state index contributed by atoms with van der Waals surface area (Å²) in [4.78, 5) is 25.4. The number of aliphatic carboxylic acids is 1. The molecular weight excluding hydrogens is 261 g/mol. The minimum absolute atomic E-state index is 0.0133. The Morgan fingerprint density at radius 1 is 1.20 bits per heavy atom. The largest absolute Gasteiger partial charge is 0.481 e. The van der Waals surface area contributed by atoms with Crippen LogP contribution in [0, 0.1) is 11.7 Å². The second kappa shape index (κ2) is 4.89. The third-order valence-corrected chi connectivity index (χ3v) is 4.11. The summed E-state index contributed by atoms with van der Waals surface area (Å²) in [6.45, 7) is 0. The Morgan fingerprint density at radius 3 is 2.40 bits per heavy atom. The van der Waals surface area contributed by atoms with Crippen molar-refractivity contribution in [3.8, 4) is 0 Å². The van der Waals surface area contributed by atoms with E-state index in [1.807, 2.05) is 0 Å². The summed E-state index contributed by atoms with van der Waals surface area (Å²) in [6, 6.07) is 5.49. The van der Waals surface area contributed by atoms with Gasteiger partial charge in [-0.2, -0.15) is 0 Å². The second-order valence-electron chi connectivity index (χ2n) is 5.51. The minimum atomic E-state index is -0.891. The summed E-state index contributed by atoms with van der Waals surface area (Å²) in [5.41, 5.74) is 0.707. The molecule has 1 aromatic rings. The summed E-state index contributed by atoms with van der Waals surface area (Å²) in [5.74, 6) is -1.85. The predicted molar refractivity (Wildman–Crippen MR) is 69.4 cm³/mol. The molecule has 1 aromatic carbocycles. The van der Waals surface area contributed by atoms with Crippen molar-refractivity contribution in [1.29, 1.82) is 0 Å². The Labute approximate surface area is 116 Å². The first-order valence-electron chi connectivity index (χ1n) is 6.87. The lowest BCUT2D eigenvalue weighted by Gasteiger charge is -2.40. The molecule has 1 aliphatic heterocycles. The predicted octanol–water partition coefficient (Wildman–Crippen LogP) is 2.35. The smallest absolute Gasteiger partial charge is 0.308 e. The van der Waals surface area contributed by atoms with E-state index in [9.17, 15) is 19.1 Å². The Hall–Kier alpha value is -1.91. The Bertz CT molecular complexity index is 539. The van der Waals surface area contributed by atoms with Crippen LogP contribution in [0.1, 0.15) is 37.3 Å². The molecule has 2 fully saturated rings. The molecule has 2 unspecified atom stereocenters. The summed E-state index contributed by atoms with van der Waals surface area (Å²) in [7, 11) is 0. The molecular formula is C15H16FNO3. The summed E-state index contributed by atoms with van der Waals surface area (Å²) >= 11 is 0. The van der Waals surface area contributed by atoms with Gasteiger partial charge in [0.05, 0.1) is 12.0 Å². The number of benzene rings is 1. The van der Waals surface area contributed by atoms with Crippen molar-refractivity contribution in [3.63, 3.8) is 0 Å². The normalized spacial score (nSPS) is 26.6. The number of hydrogen-bond acceptors (Lipinski definition) is 2. The highest BCUT2D eigenvalue weighted by molar-refractivity contribution is 5.82. The maximum absolute atomic E-state index is 13.1. The number of carbonyl (C=O) groups excluding carboxylic acids is 1. The molecule has 0 radical (unpaired) electrons. The number of carboxylic acids is 1. The van der Waals surface area contributed by atoms with Crippen LogP contribution in [0.15, 0.2) is 24.3 Å². The van der Waals surface area contributed by atoms with Gasteiger partial charge in [-0.3, -0.25) is 9.59 Å². The maximum atomic E-state index is 13.1. The highest BCUT2D eigenvalue weighted by Gasteiger charge is 2.46. The van der Waals surface area contributed by atoms with Crippen LogP contribution in [0.25, 0.3) is 0 Å². The van der Waals surface area contributed by atoms with E-state index in [-0.39, 0.29) is 24.2 Å². The van der Waals surface area contributed by atoms with Crippen molar-refractivity contribution in [3.05, 3.63) is 35.6 Å². The molecule has 1 amide bonds. The van der Waals surface area contributed by atoms with E-state index >= 15 is 0 Å². The molecule has 2 atom stereocenters. The molecule has 20 heavy (non-hydrogen) atoms. The molecule has 3 rings (SSSR count). The van der Waals surface area contributed by atoms with E-state index in [1.54, 1.807) is 17.0 Å². The van der Waals surface area contributed by atoms with Gasteiger partial charge < -0.3 is 10.0 Å². The Balaban J connectivity index is 2.00. The average Bonchev–Trinajstić information content (AvgIpc) is 3.23. The highest BCUT2D eigenvalue weighted by Crippen LogP contribution is 2.43. The Morgan fingerprint density at radius 2 is 1.85 bits per heavy atom. The van der Waals surface area contributed by atoms with E-state index in [0.717, 1.165) is 12.8 Å². The molecule has 106 valence electrons. The van der Waals surface area contributed by atoms with Crippen molar-refractivity contribution in [2.45, 2.75) is 37.8 Å². The number of halogens is 1. The zero-order valence-electron chi connectivity index (χ0n) is 11.0. The zero-order valence-corrected chi connectivity index (χ0v) is 11.0. The van der Waals surface area contributed by atoms with E-state index in [4.69, 9.17) is 0 Å². The van der Waals surface area contributed by atoms with Crippen LogP contribution in [0.3, 0.4) is 0 Å². The van der Waals surface area contributed by atoms with Gasteiger partial charge in [0.25, 0.3) is 0 Å². The van der Waals surface area contributed by atoms with Crippen LogP contribution in [0.5, 0.6) is 0 Å². The topological polar surface area (TPSA) is 57.6 Å². The molecule has 1 saturated heterocycles. The third kappa shape index (κ3) is 2.28. The first-order valence-corrected chi connectivity index (χ1v) is 6.87. The number of rotatable bonds is 3. The standard InChI is InChI=1S/C15H16FNO3/c16-10-3-1-9(2-4-10)14-12(15(19)20)7-8-13(18)17(14)11-5-6-11/h1-4,11-12,14H,5-8H2,(H,19,20). The van der Waals surface area contributed by atoms with E-state index in [0.29, 0.717) is 12.0 Å². The molecule has 0 bridgehead atoms. The van der Waals surface area contributed by atoms with Gasteiger partial charge in [-0.05, 0) is 37.0 Å². The number of carbonyl (C=O) groups is 2. The van der Waals surface area contributed by atoms with E-state index < -0.39 is 17.9 Å². The fourth-order valence-electron chi connectivity index (χ4n) is 3.01. The first kappa shape index (κ1) is 13.1. The molecule has 4 nitrogen and oxygen atoms in total. The van der Waals surface area contributed by atoms with Crippen LogP contribution in [-0.4, -0.2) is 27.9 Å². The SMILES string of the molecule is O=C(O)C1CCC(=O)N(C2CC2)C1c1ccc(F)cc1. The van der Waals surface area contributed by atoms with Crippen molar-refractivity contribution >= 4 is 11.9 Å². The van der Waals surface area contributed by atoms with Gasteiger partial charge >= 0.3 is 5.97 Å². The lowest BCUT2D eigenvalue weighted by atomic mass is 9.84. The van der Waals surface area contributed by atoms with E-state index in [1.165, 1.54) is 12.1 Å². The Kier molecular flexibility index (Phi) is 3.20. The van der Waals surface area contributed by atoms with Gasteiger partial charge in [0.1, 0.15) is 5.82 Å². The van der Waals surface area contributed by atoms with Crippen molar-refractivity contribution < 1.29 is 19.1 Å². The lowest BCUT2D eigenvalue weighted by molar-refractivity contribution is -0.152. The quantitative estimate of drug-likeness (QED) is 0.922.